The fourth-order valence-electron chi connectivity index (χ4n) is 0.846. The molecular formula is C12H22O2. The second kappa shape index (κ2) is 12.1. The molecule has 14 heavy (non-hydrogen) atoms. The second-order valence-electron chi connectivity index (χ2n) is 3.29. The van der Waals surface area contributed by atoms with Gasteiger partial charge in [-0.3, -0.25) is 0 Å². The van der Waals surface area contributed by atoms with E-state index in [2.05, 4.69) is 26.8 Å². The Bertz CT molecular complexity index is 186. The number of aldehydes is 1. The molecule has 0 aliphatic carbocycles. The van der Waals surface area contributed by atoms with Gasteiger partial charge in [-0.15, -0.1) is 0 Å². The van der Waals surface area contributed by atoms with Gasteiger partial charge in [0.25, 0.3) is 0 Å². The van der Waals surface area contributed by atoms with Crippen LogP contribution in [0, 0.1) is 0 Å². The molecule has 2 nitrogen and oxygen atoms in total. The van der Waals surface area contributed by atoms with Gasteiger partial charge in [0.2, 0.25) is 0 Å². The molecule has 0 aromatic rings. The quantitative estimate of drug-likeness (QED) is 0.557. The Kier molecular flexibility index (Phi) is 13.5. The molecule has 0 saturated carbocycles. The molecule has 0 aromatic heterocycles. The van der Waals surface area contributed by atoms with E-state index in [4.69, 9.17) is 9.90 Å². The Morgan fingerprint density at radius 2 is 1.71 bits per heavy atom. The van der Waals surface area contributed by atoms with Crippen LogP contribution in [0.5, 0.6) is 0 Å². The summed E-state index contributed by atoms with van der Waals surface area (Å²) < 4.78 is 0. The van der Waals surface area contributed by atoms with E-state index in [1.165, 1.54) is 18.1 Å². The standard InChI is InChI=1S/C10H18O.C2H4O/c1-9(2)5-4-6-10(3)7-8-11;1-2-3/h5,7,11H,4,6,8H2,1-3H3;2H,1H3/b10-7+;. The van der Waals surface area contributed by atoms with Crippen molar-refractivity contribution in [3.63, 3.8) is 0 Å². The van der Waals surface area contributed by atoms with Crippen molar-refractivity contribution in [3.8, 4) is 0 Å². The van der Waals surface area contributed by atoms with E-state index in [1.807, 2.05) is 6.08 Å². The first-order chi connectivity index (χ1) is 6.58. The Morgan fingerprint density at radius 1 is 1.21 bits per heavy atom. The highest BCUT2D eigenvalue weighted by molar-refractivity contribution is 5.44. The van der Waals surface area contributed by atoms with Crippen LogP contribution < -0.4 is 0 Å². The molecule has 82 valence electrons. The summed E-state index contributed by atoms with van der Waals surface area (Å²) in [5.74, 6) is 0. The van der Waals surface area contributed by atoms with Gasteiger partial charge in [-0.05, 0) is 40.5 Å². The van der Waals surface area contributed by atoms with Gasteiger partial charge in [0.05, 0.1) is 6.61 Å². The van der Waals surface area contributed by atoms with Gasteiger partial charge in [-0.2, -0.15) is 0 Å². The highest BCUT2D eigenvalue weighted by Gasteiger charge is 1.86. The van der Waals surface area contributed by atoms with E-state index in [-0.39, 0.29) is 6.61 Å². The van der Waals surface area contributed by atoms with Gasteiger partial charge in [0, 0.05) is 0 Å². The maximum atomic E-state index is 8.81. The lowest BCUT2D eigenvalue weighted by atomic mass is 10.1. The minimum atomic E-state index is 0.167. The third-order valence-corrected chi connectivity index (χ3v) is 1.53. The molecule has 0 bridgehead atoms. The van der Waals surface area contributed by atoms with Crippen LogP contribution in [0.3, 0.4) is 0 Å². The zero-order valence-corrected chi connectivity index (χ0v) is 9.71. The molecule has 0 radical (unpaired) electrons. The van der Waals surface area contributed by atoms with Crippen LogP contribution in [0.1, 0.15) is 40.5 Å². The lowest BCUT2D eigenvalue weighted by Gasteiger charge is -1.96. The van der Waals surface area contributed by atoms with Crippen molar-refractivity contribution >= 4 is 6.29 Å². The van der Waals surface area contributed by atoms with Crippen LogP contribution in [-0.4, -0.2) is 18.0 Å². The van der Waals surface area contributed by atoms with Crippen molar-refractivity contribution in [2.24, 2.45) is 0 Å². The van der Waals surface area contributed by atoms with Crippen LogP contribution in [0.4, 0.5) is 0 Å². The number of rotatable bonds is 4. The van der Waals surface area contributed by atoms with Crippen LogP contribution in [0.2, 0.25) is 0 Å². The fraction of sp³-hybridized carbons (Fsp3) is 0.583. The fourth-order valence-corrected chi connectivity index (χ4v) is 0.846. The first-order valence-corrected chi connectivity index (χ1v) is 4.88. The largest absolute Gasteiger partial charge is 0.392 e. The van der Waals surface area contributed by atoms with Gasteiger partial charge in [0.1, 0.15) is 6.29 Å². The van der Waals surface area contributed by atoms with Crippen molar-refractivity contribution in [2.45, 2.75) is 40.5 Å². The van der Waals surface area contributed by atoms with E-state index in [0.717, 1.165) is 19.1 Å². The first-order valence-electron chi connectivity index (χ1n) is 4.88. The van der Waals surface area contributed by atoms with Gasteiger partial charge in [0.15, 0.2) is 0 Å². The molecule has 0 aromatic carbocycles. The number of hydrogen-bond acceptors (Lipinski definition) is 2. The van der Waals surface area contributed by atoms with E-state index >= 15 is 0 Å². The molecule has 0 amide bonds. The third kappa shape index (κ3) is 17.3. The Hall–Kier alpha value is -0.890. The van der Waals surface area contributed by atoms with Gasteiger partial charge >= 0.3 is 0 Å². The highest BCUT2D eigenvalue weighted by Crippen LogP contribution is 2.05. The number of carbonyl (C=O) groups is 1. The van der Waals surface area contributed by atoms with Crippen molar-refractivity contribution in [1.29, 1.82) is 0 Å². The molecule has 0 aliphatic heterocycles. The molecule has 2 heteroatoms. The normalized spacial score (nSPS) is 9.93. The van der Waals surface area contributed by atoms with Crippen molar-refractivity contribution in [3.05, 3.63) is 23.3 Å². The third-order valence-electron chi connectivity index (χ3n) is 1.53. The van der Waals surface area contributed by atoms with Crippen molar-refractivity contribution < 1.29 is 9.90 Å². The summed E-state index contributed by atoms with van der Waals surface area (Å²) in [6.45, 7) is 7.87. The molecular weight excluding hydrogens is 176 g/mol. The van der Waals surface area contributed by atoms with Crippen LogP contribution in [-0.2, 0) is 4.79 Å². The van der Waals surface area contributed by atoms with Crippen LogP contribution >= 0.6 is 0 Å². The van der Waals surface area contributed by atoms with E-state index in [0.29, 0.717) is 0 Å². The molecule has 0 atom stereocenters. The summed E-state index contributed by atoms with van der Waals surface area (Å²) in [5, 5.41) is 8.55. The Labute approximate surface area is 87.3 Å². The molecule has 0 unspecified atom stereocenters. The molecule has 0 heterocycles. The number of aliphatic hydroxyl groups is 1. The molecule has 0 saturated heterocycles. The number of aliphatic hydroxyl groups excluding tert-OH is 1. The summed E-state index contributed by atoms with van der Waals surface area (Å²) >= 11 is 0. The SMILES string of the molecule is CC(C)=CCC/C(C)=C/CO.CC=O. The summed E-state index contributed by atoms with van der Waals surface area (Å²) in [5.41, 5.74) is 2.63. The minimum absolute atomic E-state index is 0.167. The molecule has 1 N–H and O–H groups in total. The van der Waals surface area contributed by atoms with Crippen LogP contribution in [0.25, 0.3) is 0 Å². The van der Waals surface area contributed by atoms with Crippen molar-refractivity contribution in [2.75, 3.05) is 6.61 Å². The van der Waals surface area contributed by atoms with Gasteiger partial charge in [-0.25, -0.2) is 0 Å². The van der Waals surface area contributed by atoms with Crippen LogP contribution in [0.15, 0.2) is 23.3 Å². The minimum Gasteiger partial charge on any atom is -0.392 e. The van der Waals surface area contributed by atoms with Gasteiger partial charge in [-0.1, -0.05) is 23.3 Å². The molecule has 0 rings (SSSR count). The van der Waals surface area contributed by atoms with E-state index < -0.39 is 0 Å². The summed E-state index contributed by atoms with van der Waals surface area (Å²) in [7, 11) is 0. The Balaban J connectivity index is 0. The Morgan fingerprint density at radius 3 is 2.07 bits per heavy atom. The first kappa shape index (κ1) is 15.6. The summed E-state index contributed by atoms with van der Waals surface area (Å²) in [4.78, 5) is 8.81. The predicted molar refractivity (Wildman–Crippen MR) is 61.2 cm³/mol. The predicted octanol–water partition coefficient (Wildman–Crippen LogP) is 2.88. The molecule has 0 fully saturated rings. The molecule has 0 aliphatic rings. The second-order valence-corrected chi connectivity index (χ2v) is 3.29. The maximum Gasteiger partial charge on any atom is 0.116 e. The monoisotopic (exact) mass is 198 g/mol. The lowest BCUT2D eigenvalue weighted by molar-refractivity contribution is -0.106. The lowest BCUT2D eigenvalue weighted by Crippen LogP contribution is -1.80. The zero-order chi connectivity index (χ0) is 11.4. The average molecular weight is 198 g/mol. The zero-order valence-electron chi connectivity index (χ0n) is 9.71. The number of hydrogen-bond donors (Lipinski definition) is 1. The van der Waals surface area contributed by atoms with Crippen molar-refractivity contribution in [1.82, 2.24) is 0 Å². The van der Waals surface area contributed by atoms with E-state index in [1.54, 1.807) is 0 Å². The number of carbonyl (C=O) groups excluding carboxylic acids is 1. The molecule has 0 spiro atoms. The topological polar surface area (TPSA) is 37.3 Å². The van der Waals surface area contributed by atoms with E-state index in [9.17, 15) is 0 Å². The highest BCUT2D eigenvalue weighted by atomic mass is 16.2. The average Bonchev–Trinajstić information content (AvgIpc) is 2.05. The summed E-state index contributed by atoms with van der Waals surface area (Å²) in [6.07, 6.45) is 6.98. The smallest absolute Gasteiger partial charge is 0.116 e. The number of allylic oxidation sites excluding steroid dienone is 3. The summed E-state index contributed by atoms with van der Waals surface area (Å²) in [6, 6.07) is 0. The maximum absolute atomic E-state index is 8.81. The van der Waals surface area contributed by atoms with Gasteiger partial charge < -0.3 is 9.90 Å².